The van der Waals surface area contributed by atoms with Crippen LogP contribution in [0.5, 0.6) is 0 Å². The Bertz CT molecular complexity index is 1600. The van der Waals surface area contributed by atoms with Crippen molar-refractivity contribution in [3.8, 4) is 0 Å². The molecule has 10 nitrogen and oxygen atoms in total. The van der Waals surface area contributed by atoms with Gasteiger partial charge >= 0.3 is 0 Å². The van der Waals surface area contributed by atoms with Gasteiger partial charge in [0.1, 0.15) is 18.0 Å². The summed E-state index contributed by atoms with van der Waals surface area (Å²) >= 11 is 1.15. The lowest BCUT2D eigenvalue weighted by molar-refractivity contribution is -0.0629. The normalized spacial score (nSPS) is 41.8. The van der Waals surface area contributed by atoms with E-state index in [1.165, 1.54) is 6.07 Å². The van der Waals surface area contributed by atoms with Crippen LogP contribution in [0.25, 0.3) is 11.2 Å². The van der Waals surface area contributed by atoms with E-state index in [1.807, 2.05) is 6.92 Å². The van der Waals surface area contributed by atoms with Crippen LogP contribution in [0.4, 0.5) is 10.2 Å². The third kappa shape index (κ3) is 4.92. The molecule has 0 unspecified atom stereocenters. The standard InChI is InChI=1S/C24H31FN6O4S/c1-3-8-36-24-27-22(26-16-10-14(16)13-5-4-12(2)15(25)9-13)19-23(28-24)31(30-29-19)17-11-18(35-7-6-32)21(34)20(17)33/h4-5,9,14,16-18,20-21,32-34H,3,6-8,10-11H2,1-2H3,(H,26,27,28)/t14-,16+,17+,18-,20-,21+/m0/s1/i10D2,11D2,17D,18D,20D,21D. The number of rotatable bonds is 10. The third-order valence-corrected chi connectivity index (χ3v) is 6.64. The van der Waals surface area contributed by atoms with E-state index < -0.39 is 73.6 Å². The van der Waals surface area contributed by atoms with Crippen LogP contribution in [0, 0.1) is 12.7 Å². The highest BCUT2D eigenvalue weighted by Gasteiger charge is 2.45. The van der Waals surface area contributed by atoms with Crippen molar-refractivity contribution < 1.29 is 35.4 Å². The summed E-state index contributed by atoms with van der Waals surface area (Å²) in [6.07, 6.45) is -15.8. The minimum Gasteiger partial charge on any atom is -0.394 e. The number of fused-ring (bicyclic) bond motifs is 1. The molecule has 12 heteroatoms. The van der Waals surface area contributed by atoms with E-state index in [-0.39, 0.29) is 16.5 Å². The van der Waals surface area contributed by atoms with E-state index in [0.717, 1.165) is 11.8 Å². The predicted octanol–water partition coefficient (Wildman–Crippen LogP) is 2.18. The van der Waals surface area contributed by atoms with Gasteiger partial charge in [0.15, 0.2) is 22.1 Å². The Morgan fingerprint density at radius 3 is 2.89 bits per heavy atom. The van der Waals surface area contributed by atoms with Gasteiger partial charge in [-0.15, -0.1) is 5.10 Å². The first kappa shape index (κ1) is 17.2. The number of nitrogens with one attached hydrogen (secondary N) is 1. The number of halogens is 1. The van der Waals surface area contributed by atoms with E-state index >= 15 is 0 Å². The summed E-state index contributed by atoms with van der Waals surface area (Å²) in [7, 11) is 0. The number of hydrogen-bond donors (Lipinski definition) is 4. The summed E-state index contributed by atoms with van der Waals surface area (Å²) in [5, 5.41) is 42.0. The number of benzene rings is 1. The van der Waals surface area contributed by atoms with Crippen molar-refractivity contribution in [2.24, 2.45) is 0 Å². The summed E-state index contributed by atoms with van der Waals surface area (Å²) in [4.78, 5) is 8.74. The molecule has 0 aliphatic heterocycles. The average molecular weight is 527 g/mol. The van der Waals surface area contributed by atoms with Crippen LogP contribution in [0.15, 0.2) is 23.4 Å². The maximum atomic E-state index is 14.3. The molecule has 2 aliphatic rings. The second-order valence-corrected chi connectivity index (χ2v) is 9.29. The molecule has 194 valence electrons. The van der Waals surface area contributed by atoms with Crippen molar-refractivity contribution in [1.29, 1.82) is 0 Å². The molecular weight excluding hydrogens is 487 g/mol. The van der Waals surface area contributed by atoms with Crippen molar-refractivity contribution in [2.45, 2.75) is 74.4 Å². The van der Waals surface area contributed by atoms with Crippen LogP contribution in [0.1, 0.15) is 60.1 Å². The van der Waals surface area contributed by atoms with E-state index in [2.05, 4.69) is 25.6 Å². The molecule has 2 heterocycles. The fourth-order valence-electron chi connectivity index (χ4n) is 3.66. The SMILES string of the molecule is [2H]C1([2H])[C@@H](Nc2nc(SCCC)nc3c2nnn3[C@]2([2H])C([2H])([2H])[C@]([2H])(OCCO)[C@@]([2H])(O)[C@@]2([2H])O)[C@@H]1c1ccc(C)c(F)c1. The average Bonchev–Trinajstić information content (AvgIpc) is 3.24. The summed E-state index contributed by atoms with van der Waals surface area (Å²) in [5.41, 5.74) is 0.146. The highest BCUT2D eigenvalue weighted by Crippen LogP contribution is 2.44. The van der Waals surface area contributed by atoms with Crippen LogP contribution >= 0.6 is 11.8 Å². The molecule has 0 spiro atoms. The summed E-state index contributed by atoms with van der Waals surface area (Å²) in [5.74, 6) is -0.865. The summed E-state index contributed by atoms with van der Waals surface area (Å²) < 4.78 is 88.4. The van der Waals surface area contributed by atoms with Crippen molar-refractivity contribution in [2.75, 3.05) is 24.3 Å². The molecule has 1 aromatic carbocycles. The Morgan fingerprint density at radius 2 is 2.14 bits per heavy atom. The number of hydrogen-bond acceptors (Lipinski definition) is 10. The molecule has 3 aromatic rings. The Morgan fingerprint density at radius 1 is 1.31 bits per heavy atom. The zero-order valence-corrected chi connectivity index (χ0v) is 20.3. The number of aryl methyl sites for hydroxylation is 1. The van der Waals surface area contributed by atoms with Gasteiger partial charge in [-0.25, -0.2) is 19.0 Å². The van der Waals surface area contributed by atoms with Gasteiger partial charge in [0.2, 0.25) is 0 Å². The summed E-state index contributed by atoms with van der Waals surface area (Å²) in [6.45, 7) is 1.95. The molecule has 36 heavy (non-hydrogen) atoms. The largest absolute Gasteiger partial charge is 0.394 e. The topological polar surface area (TPSA) is 138 Å². The molecule has 2 aromatic heterocycles. The zero-order valence-electron chi connectivity index (χ0n) is 27.5. The number of anilines is 1. The molecule has 2 aliphatic carbocycles. The lowest BCUT2D eigenvalue weighted by Gasteiger charge is -2.17. The first-order valence-electron chi connectivity index (χ1n) is 15.3. The van der Waals surface area contributed by atoms with Crippen molar-refractivity contribution >= 4 is 28.7 Å². The molecule has 0 saturated heterocycles. The Hall–Kier alpha value is -2.38. The van der Waals surface area contributed by atoms with Crippen molar-refractivity contribution in [1.82, 2.24) is 25.0 Å². The van der Waals surface area contributed by atoms with Gasteiger partial charge in [0.25, 0.3) is 0 Å². The van der Waals surface area contributed by atoms with Gasteiger partial charge < -0.3 is 25.4 Å². The molecule has 2 fully saturated rings. The number of nitrogens with zero attached hydrogens (tertiary/aromatic N) is 5. The Balaban J connectivity index is 1.64. The van der Waals surface area contributed by atoms with Crippen LogP contribution < -0.4 is 5.32 Å². The number of thioether (sulfide) groups is 1. The van der Waals surface area contributed by atoms with Crippen molar-refractivity contribution in [3.05, 3.63) is 35.1 Å². The second-order valence-electron chi connectivity index (χ2n) is 8.22. The van der Waals surface area contributed by atoms with Gasteiger partial charge in [-0.1, -0.05) is 36.0 Å². The lowest BCUT2D eigenvalue weighted by atomic mass is 10.1. The molecule has 4 N–H and O–H groups in total. The molecule has 0 bridgehead atoms. The van der Waals surface area contributed by atoms with Gasteiger partial charge in [-0.2, -0.15) is 0 Å². The fraction of sp³-hybridized carbons (Fsp3) is 0.583. The van der Waals surface area contributed by atoms with E-state index in [4.69, 9.17) is 15.7 Å². The minimum atomic E-state index is -3.83. The first-order valence-corrected chi connectivity index (χ1v) is 12.3. The van der Waals surface area contributed by atoms with E-state index in [0.29, 0.717) is 28.0 Å². The Labute approximate surface area is 223 Å². The minimum absolute atomic E-state index is 0.0509. The molecule has 5 rings (SSSR count). The molecule has 6 atom stereocenters. The van der Waals surface area contributed by atoms with Gasteiger partial charge in [0.05, 0.1) is 30.8 Å². The smallest absolute Gasteiger partial charge is 0.191 e. The molecule has 0 amide bonds. The van der Waals surface area contributed by atoms with Crippen LogP contribution in [-0.2, 0) is 4.74 Å². The number of aliphatic hydroxyl groups excluding tert-OH is 1. The zero-order chi connectivity index (χ0) is 32.7. The number of aliphatic hydroxyl groups is 3. The van der Waals surface area contributed by atoms with Crippen LogP contribution in [0.3, 0.4) is 0 Å². The maximum Gasteiger partial charge on any atom is 0.191 e. The first-order chi connectivity index (χ1) is 20.3. The second kappa shape index (κ2) is 10.5. The number of ether oxygens (including phenoxy) is 1. The maximum absolute atomic E-state index is 14.3. The predicted molar refractivity (Wildman–Crippen MR) is 133 cm³/mol. The lowest BCUT2D eigenvalue weighted by Crippen LogP contribution is -2.33. The highest BCUT2D eigenvalue weighted by molar-refractivity contribution is 7.99. The number of aromatic nitrogens is 5. The third-order valence-electron chi connectivity index (χ3n) is 5.59. The van der Waals surface area contributed by atoms with Gasteiger partial charge in [-0.3, -0.25) is 0 Å². The van der Waals surface area contributed by atoms with Crippen LogP contribution in [0.2, 0.25) is 0 Å². The Kier molecular flexibility index (Phi) is 5.03. The highest BCUT2D eigenvalue weighted by atomic mass is 32.2. The van der Waals surface area contributed by atoms with E-state index in [1.54, 1.807) is 19.1 Å². The quantitative estimate of drug-likeness (QED) is 0.230. The van der Waals surface area contributed by atoms with Crippen LogP contribution in [-0.4, -0.2) is 83.5 Å². The fourth-order valence-corrected chi connectivity index (χ4v) is 4.35. The van der Waals surface area contributed by atoms with E-state index in [9.17, 15) is 19.7 Å². The molecular formula is C24H31FN6O4S. The van der Waals surface area contributed by atoms with Gasteiger partial charge in [0, 0.05) is 29.6 Å². The van der Waals surface area contributed by atoms with Gasteiger partial charge in [-0.05, 0) is 36.9 Å². The summed E-state index contributed by atoms with van der Waals surface area (Å²) in [6, 6.07) is -0.00950. The molecule has 2 saturated carbocycles. The molecule has 0 radical (unpaired) electrons. The van der Waals surface area contributed by atoms with Crippen molar-refractivity contribution in [3.63, 3.8) is 0 Å². The monoisotopic (exact) mass is 526 g/mol.